The summed E-state index contributed by atoms with van der Waals surface area (Å²) in [4.78, 5) is 0. The van der Waals surface area contributed by atoms with E-state index >= 15 is 0 Å². The van der Waals surface area contributed by atoms with Crippen molar-refractivity contribution in [2.75, 3.05) is 12.4 Å². The molecule has 0 fully saturated rings. The number of allylic oxidation sites excluding steroid dienone is 1. The van der Waals surface area contributed by atoms with Crippen LogP contribution in [0.4, 0.5) is 10.1 Å². The molecule has 32 heavy (non-hydrogen) atoms. The predicted molar refractivity (Wildman–Crippen MR) is 130 cm³/mol. The topological polar surface area (TPSA) is 30.5 Å². The number of anilines is 1. The molecule has 0 bridgehead atoms. The second kappa shape index (κ2) is 8.51. The van der Waals surface area contributed by atoms with Crippen LogP contribution in [0.1, 0.15) is 37.5 Å². The summed E-state index contributed by atoms with van der Waals surface area (Å²) in [5.74, 6) is 0.897. The van der Waals surface area contributed by atoms with Gasteiger partial charge in [0.05, 0.1) is 12.6 Å². The highest BCUT2D eigenvalue weighted by molar-refractivity contribution is 6.30. The average Bonchev–Trinajstić information content (AvgIpc) is 2.73. The van der Waals surface area contributed by atoms with Crippen molar-refractivity contribution in [2.24, 2.45) is 0 Å². The minimum Gasteiger partial charge on any atom is -0.496 e. The Hall–Kier alpha value is -2.98. The van der Waals surface area contributed by atoms with Crippen molar-refractivity contribution in [3.8, 4) is 22.6 Å². The van der Waals surface area contributed by atoms with E-state index in [-0.39, 0.29) is 18.0 Å². The van der Waals surface area contributed by atoms with Gasteiger partial charge in [0.15, 0.2) is 0 Å². The summed E-state index contributed by atoms with van der Waals surface area (Å²) in [6.45, 7) is 8.58. The Balaban J connectivity index is 1.88. The first kappa shape index (κ1) is 22.2. The third-order valence-corrected chi connectivity index (χ3v) is 5.95. The third-order valence-electron chi connectivity index (χ3n) is 5.72. The maximum atomic E-state index is 13.8. The number of hydrogen-bond donors (Lipinski definition) is 1. The number of methoxy groups -OCH3 is 1. The number of fused-ring (bicyclic) bond motifs is 1. The van der Waals surface area contributed by atoms with E-state index in [2.05, 4.69) is 44.3 Å². The Morgan fingerprint density at radius 3 is 2.47 bits per heavy atom. The van der Waals surface area contributed by atoms with Gasteiger partial charge in [-0.2, -0.15) is 0 Å². The summed E-state index contributed by atoms with van der Waals surface area (Å²) < 4.78 is 25.6. The Bertz CT molecular complexity index is 1220. The van der Waals surface area contributed by atoms with Gasteiger partial charge in [0.1, 0.15) is 23.9 Å². The first-order valence-electron chi connectivity index (χ1n) is 10.6. The van der Waals surface area contributed by atoms with E-state index in [1.54, 1.807) is 13.2 Å². The highest BCUT2D eigenvalue weighted by Gasteiger charge is 2.27. The molecule has 0 saturated heterocycles. The van der Waals surface area contributed by atoms with Crippen LogP contribution in [0.5, 0.6) is 11.5 Å². The van der Waals surface area contributed by atoms with Gasteiger partial charge in [-0.3, -0.25) is 0 Å². The lowest BCUT2D eigenvalue weighted by Gasteiger charge is -2.33. The monoisotopic (exact) mass is 451 g/mol. The molecule has 5 heteroatoms. The van der Waals surface area contributed by atoms with Crippen molar-refractivity contribution >= 4 is 22.9 Å². The third kappa shape index (κ3) is 4.33. The van der Waals surface area contributed by atoms with Crippen molar-refractivity contribution in [3.63, 3.8) is 0 Å². The summed E-state index contributed by atoms with van der Waals surface area (Å²) in [6, 6.07) is 14.4. The zero-order chi connectivity index (χ0) is 23.0. The lowest BCUT2D eigenvalue weighted by Crippen LogP contribution is -2.32. The molecule has 0 saturated carbocycles. The first-order chi connectivity index (χ1) is 15.2. The molecule has 0 spiro atoms. The maximum absolute atomic E-state index is 13.8. The molecule has 0 aliphatic carbocycles. The number of hydrogen-bond acceptors (Lipinski definition) is 3. The van der Waals surface area contributed by atoms with E-state index in [0.29, 0.717) is 16.5 Å². The van der Waals surface area contributed by atoms with Gasteiger partial charge in [0.2, 0.25) is 0 Å². The zero-order valence-corrected chi connectivity index (χ0v) is 19.7. The minimum atomic E-state index is -0.320. The molecule has 0 atom stereocenters. The van der Waals surface area contributed by atoms with E-state index in [4.69, 9.17) is 21.1 Å². The molecule has 4 rings (SSSR count). The largest absolute Gasteiger partial charge is 0.496 e. The van der Waals surface area contributed by atoms with E-state index in [9.17, 15) is 4.39 Å². The maximum Gasteiger partial charge on any atom is 0.128 e. The van der Waals surface area contributed by atoms with Crippen LogP contribution in [0.25, 0.3) is 16.7 Å². The smallest absolute Gasteiger partial charge is 0.128 e. The van der Waals surface area contributed by atoms with Crippen molar-refractivity contribution in [3.05, 3.63) is 82.1 Å². The summed E-state index contributed by atoms with van der Waals surface area (Å²) in [6.07, 6.45) is 2.22. The number of nitrogens with one attached hydrogen (secondary N) is 1. The molecule has 3 nitrogen and oxygen atoms in total. The second-order valence-corrected chi connectivity index (χ2v) is 9.17. The van der Waals surface area contributed by atoms with Crippen molar-refractivity contribution in [1.29, 1.82) is 0 Å². The highest BCUT2D eigenvalue weighted by atomic mass is 35.5. The molecular weight excluding hydrogens is 425 g/mol. The highest BCUT2D eigenvalue weighted by Crippen LogP contribution is 2.43. The molecule has 0 radical (unpaired) electrons. The van der Waals surface area contributed by atoms with Gasteiger partial charge in [-0.25, -0.2) is 4.39 Å². The molecule has 0 aromatic heterocycles. The van der Waals surface area contributed by atoms with Crippen molar-refractivity contribution < 1.29 is 13.9 Å². The van der Waals surface area contributed by atoms with E-state index in [0.717, 1.165) is 39.1 Å². The van der Waals surface area contributed by atoms with Gasteiger partial charge >= 0.3 is 0 Å². The van der Waals surface area contributed by atoms with Crippen molar-refractivity contribution in [1.82, 2.24) is 0 Å². The Morgan fingerprint density at radius 1 is 0.969 bits per heavy atom. The molecule has 0 unspecified atom stereocenters. The molecule has 0 amide bonds. The average molecular weight is 452 g/mol. The fraction of sp³-hybridized carbons (Fsp3) is 0.259. The number of halogens is 2. The normalized spacial score (nSPS) is 14.3. The summed E-state index contributed by atoms with van der Waals surface area (Å²) >= 11 is 6.21. The molecule has 1 heterocycles. The Kier molecular flexibility index (Phi) is 5.91. The number of rotatable bonds is 5. The quantitative estimate of drug-likeness (QED) is 0.432. The number of benzene rings is 3. The van der Waals surface area contributed by atoms with Crippen LogP contribution in [0.2, 0.25) is 5.02 Å². The first-order valence-corrected chi connectivity index (χ1v) is 10.9. The van der Waals surface area contributed by atoms with Gasteiger partial charge in [0, 0.05) is 33.5 Å². The van der Waals surface area contributed by atoms with Gasteiger partial charge in [-0.05, 0) is 74.7 Å². The fourth-order valence-electron chi connectivity index (χ4n) is 4.37. The summed E-state index contributed by atoms with van der Waals surface area (Å²) in [5.41, 5.74) is 6.93. The Morgan fingerprint density at radius 2 is 1.72 bits per heavy atom. The molecule has 1 N–H and O–H groups in total. The molecule has 3 aromatic rings. The van der Waals surface area contributed by atoms with Crippen LogP contribution in [0.3, 0.4) is 0 Å². The Labute approximate surface area is 193 Å². The SMILES string of the molecule is COc1cc(Cl)ccc1-c1ccc2c(c1COc1cc(F)ccc1C)C(C)=CC(C)(C)N2. The van der Waals surface area contributed by atoms with Gasteiger partial charge in [-0.1, -0.05) is 29.8 Å². The second-order valence-electron chi connectivity index (χ2n) is 8.73. The fourth-order valence-corrected chi connectivity index (χ4v) is 4.53. The standard InChI is InChI=1S/C27H27ClFNO2/c1-16-6-8-19(29)13-24(16)32-15-22-20(21-9-7-18(28)12-25(21)31-5)10-11-23-26(22)17(2)14-27(3,4)30-23/h6-14,30H,15H2,1-5H3. The molecule has 1 aliphatic rings. The lowest BCUT2D eigenvalue weighted by molar-refractivity contribution is 0.302. The van der Waals surface area contributed by atoms with Crippen LogP contribution >= 0.6 is 11.6 Å². The van der Waals surface area contributed by atoms with E-state index < -0.39 is 0 Å². The van der Waals surface area contributed by atoms with Crippen LogP contribution in [-0.4, -0.2) is 12.6 Å². The van der Waals surface area contributed by atoms with Crippen LogP contribution in [0, 0.1) is 12.7 Å². The molecule has 1 aliphatic heterocycles. The molecule has 3 aromatic carbocycles. The number of ether oxygens (including phenoxy) is 2. The van der Waals surface area contributed by atoms with Gasteiger partial charge < -0.3 is 14.8 Å². The van der Waals surface area contributed by atoms with Gasteiger partial charge in [0.25, 0.3) is 0 Å². The van der Waals surface area contributed by atoms with Gasteiger partial charge in [-0.15, -0.1) is 0 Å². The molecule has 166 valence electrons. The minimum absolute atomic E-state index is 0.159. The lowest BCUT2D eigenvalue weighted by atomic mass is 9.85. The van der Waals surface area contributed by atoms with E-state index in [1.807, 2.05) is 25.1 Å². The van der Waals surface area contributed by atoms with Crippen LogP contribution in [-0.2, 0) is 6.61 Å². The van der Waals surface area contributed by atoms with Crippen molar-refractivity contribution in [2.45, 2.75) is 39.8 Å². The summed E-state index contributed by atoms with van der Waals surface area (Å²) in [5, 5.41) is 4.21. The number of aryl methyl sites for hydroxylation is 1. The van der Waals surface area contributed by atoms with Crippen LogP contribution < -0.4 is 14.8 Å². The summed E-state index contributed by atoms with van der Waals surface area (Å²) in [7, 11) is 1.63. The van der Waals surface area contributed by atoms with Crippen LogP contribution in [0.15, 0.2) is 54.6 Å². The predicted octanol–water partition coefficient (Wildman–Crippen LogP) is 7.65. The molecular formula is C27H27ClFNO2. The van der Waals surface area contributed by atoms with E-state index in [1.165, 1.54) is 12.1 Å². The zero-order valence-electron chi connectivity index (χ0n) is 19.0.